The van der Waals surface area contributed by atoms with E-state index in [-0.39, 0.29) is 5.91 Å². The fourth-order valence-electron chi connectivity index (χ4n) is 4.30. The summed E-state index contributed by atoms with van der Waals surface area (Å²) in [6.07, 6.45) is 0.583. The molecule has 2 aromatic carbocycles. The number of aryl methyl sites for hydroxylation is 1. The van der Waals surface area contributed by atoms with E-state index in [2.05, 4.69) is 20.8 Å². The number of nitrogens with zero attached hydrogens (tertiary/aromatic N) is 3. The molecular weight excluding hydrogens is 486 g/mol. The number of amides is 2. The van der Waals surface area contributed by atoms with Gasteiger partial charge >= 0.3 is 6.09 Å². The van der Waals surface area contributed by atoms with Crippen LogP contribution in [0.3, 0.4) is 0 Å². The molecule has 38 heavy (non-hydrogen) atoms. The monoisotopic (exact) mass is 517 g/mol. The van der Waals surface area contributed by atoms with Gasteiger partial charge in [-0.15, -0.1) is 0 Å². The van der Waals surface area contributed by atoms with Crippen molar-refractivity contribution in [3.05, 3.63) is 59.9 Å². The van der Waals surface area contributed by atoms with Gasteiger partial charge in [-0.1, -0.05) is 17.3 Å². The predicted octanol–water partition coefficient (Wildman–Crippen LogP) is 4.67. The molecule has 0 radical (unpaired) electrons. The fourth-order valence-corrected chi connectivity index (χ4v) is 4.30. The average molecular weight is 518 g/mol. The molecule has 1 aliphatic carbocycles. The molecule has 10 nitrogen and oxygen atoms in total. The van der Waals surface area contributed by atoms with E-state index in [0.717, 1.165) is 33.6 Å². The van der Waals surface area contributed by atoms with E-state index in [0.29, 0.717) is 31.1 Å². The van der Waals surface area contributed by atoms with Crippen LogP contribution in [0.5, 0.6) is 5.75 Å². The number of rotatable bonds is 7. The molecule has 2 aromatic heterocycles. The Kier molecular flexibility index (Phi) is 6.34. The molecule has 4 aromatic rings. The number of ether oxygens (including phenoxy) is 2. The molecule has 2 heterocycles. The first-order chi connectivity index (χ1) is 18.1. The van der Waals surface area contributed by atoms with E-state index in [1.165, 1.54) is 0 Å². The summed E-state index contributed by atoms with van der Waals surface area (Å²) in [6, 6.07) is 15.7. The number of hydrogen-bond acceptors (Lipinski definition) is 7. The Labute approximate surface area is 220 Å². The molecule has 0 atom stereocenters. The predicted molar refractivity (Wildman–Crippen MR) is 141 cm³/mol. The summed E-state index contributed by atoms with van der Waals surface area (Å²) in [5.74, 6) is 1.51. The molecule has 2 amide bonds. The Balaban J connectivity index is 1.33. The standard InChI is InChI=1S/C28H31N5O5/c1-17-30-24(38-32-17)23-15-19-14-21(36-5)10-11-22(19)33(23)20-8-6-18(7-9-20)16-29-25(34)28(12-13-28)31-26(35)37-27(2,3)4/h6-11,14-15H,12-13,16H2,1-5H3,(H,29,34)(H,31,35). The Hall–Kier alpha value is -4.34. The lowest BCUT2D eigenvalue weighted by molar-refractivity contribution is -0.124. The number of aromatic nitrogens is 3. The minimum Gasteiger partial charge on any atom is -0.497 e. The quantitative estimate of drug-likeness (QED) is 0.365. The summed E-state index contributed by atoms with van der Waals surface area (Å²) in [4.78, 5) is 29.4. The summed E-state index contributed by atoms with van der Waals surface area (Å²) in [6.45, 7) is 7.47. The van der Waals surface area contributed by atoms with Crippen LogP contribution in [0.2, 0.25) is 0 Å². The molecule has 0 saturated heterocycles. The molecule has 0 aliphatic heterocycles. The highest BCUT2D eigenvalue weighted by Gasteiger charge is 2.51. The highest BCUT2D eigenvalue weighted by molar-refractivity contribution is 5.93. The van der Waals surface area contributed by atoms with Crippen molar-refractivity contribution in [1.82, 2.24) is 25.3 Å². The number of carbonyl (C=O) groups excluding carboxylic acids is 2. The smallest absolute Gasteiger partial charge is 0.408 e. The van der Waals surface area contributed by atoms with Gasteiger partial charge in [0.2, 0.25) is 5.91 Å². The van der Waals surface area contributed by atoms with Gasteiger partial charge in [-0.05, 0) is 82.5 Å². The lowest BCUT2D eigenvalue weighted by atomic mass is 10.1. The number of carbonyl (C=O) groups is 2. The molecule has 0 spiro atoms. The molecular formula is C28H31N5O5. The number of hydrogen-bond donors (Lipinski definition) is 2. The average Bonchev–Trinajstić information content (AvgIpc) is 3.35. The molecule has 0 unspecified atom stereocenters. The van der Waals surface area contributed by atoms with Crippen molar-refractivity contribution in [2.24, 2.45) is 0 Å². The molecule has 1 fully saturated rings. The first-order valence-corrected chi connectivity index (χ1v) is 12.5. The van der Waals surface area contributed by atoms with Gasteiger partial charge < -0.3 is 29.2 Å². The minimum absolute atomic E-state index is 0.216. The maximum atomic E-state index is 12.8. The largest absolute Gasteiger partial charge is 0.497 e. The third kappa shape index (κ3) is 5.20. The van der Waals surface area contributed by atoms with E-state index in [9.17, 15) is 9.59 Å². The Bertz CT molecular complexity index is 1490. The van der Waals surface area contributed by atoms with Gasteiger partial charge in [0.25, 0.3) is 5.89 Å². The van der Waals surface area contributed by atoms with Crippen LogP contribution < -0.4 is 15.4 Å². The van der Waals surface area contributed by atoms with E-state index in [1.807, 2.05) is 53.1 Å². The zero-order valence-electron chi connectivity index (χ0n) is 22.1. The SMILES string of the molecule is COc1ccc2c(c1)cc(-c1nc(C)no1)n2-c1ccc(CNC(=O)C2(NC(=O)OC(C)(C)C)CC2)cc1. The molecule has 10 heteroatoms. The van der Waals surface area contributed by atoms with Crippen molar-refractivity contribution in [3.8, 4) is 23.0 Å². The third-order valence-electron chi connectivity index (χ3n) is 6.33. The number of methoxy groups -OCH3 is 1. The van der Waals surface area contributed by atoms with Crippen molar-refractivity contribution in [3.63, 3.8) is 0 Å². The lowest BCUT2D eigenvalue weighted by Gasteiger charge is -2.23. The van der Waals surface area contributed by atoms with Crippen molar-refractivity contribution in [2.75, 3.05) is 7.11 Å². The van der Waals surface area contributed by atoms with Crippen LogP contribution >= 0.6 is 0 Å². The van der Waals surface area contributed by atoms with Crippen molar-refractivity contribution in [2.45, 2.75) is 58.2 Å². The first-order valence-electron chi connectivity index (χ1n) is 12.5. The maximum Gasteiger partial charge on any atom is 0.408 e. The number of nitrogens with one attached hydrogen (secondary N) is 2. The zero-order valence-corrected chi connectivity index (χ0v) is 22.1. The van der Waals surface area contributed by atoms with Gasteiger partial charge in [0.15, 0.2) is 5.82 Å². The van der Waals surface area contributed by atoms with Crippen LogP contribution in [0.15, 0.2) is 53.1 Å². The molecule has 198 valence electrons. The summed E-state index contributed by atoms with van der Waals surface area (Å²) < 4.78 is 18.2. The molecule has 2 N–H and O–H groups in total. The Morgan fingerprint density at radius 1 is 1.11 bits per heavy atom. The van der Waals surface area contributed by atoms with Crippen LogP contribution in [0.4, 0.5) is 4.79 Å². The second-order valence-corrected chi connectivity index (χ2v) is 10.5. The van der Waals surface area contributed by atoms with Crippen molar-refractivity contribution >= 4 is 22.9 Å². The third-order valence-corrected chi connectivity index (χ3v) is 6.33. The normalized spacial score (nSPS) is 14.2. The molecule has 1 saturated carbocycles. The highest BCUT2D eigenvalue weighted by Crippen LogP contribution is 2.36. The van der Waals surface area contributed by atoms with Gasteiger partial charge in [0.1, 0.15) is 22.6 Å². The topological polar surface area (TPSA) is 121 Å². The Morgan fingerprint density at radius 3 is 2.45 bits per heavy atom. The van der Waals surface area contributed by atoms with E-state index in [4.69, 9.17) is 14.0 Å². The summed E-state index contributed by atoms with van der Waals surface area (Å²) in [5.41, 5.74) is 2.02. The second-order valence-electron chi connectivity index (χ2n) is 10.5. The fraction of sp³-hybridized carbons (Fsp3) is 0.357. The maximum absolute atomic E-state index is 12.8. The van der Waals surface area contributed by atoms with E-state index < -0.39 is 17.2 Å². The Morgan fingerprint density at radius 2 is 1.84 bits per heavy atom. The first kappa shape index (κ1) is 25.3. The number of benzene rings is 2. The minimum atomic E-state index is -0.898. The number of alkyl carbamates (subject to hydrolysis) is 1. The highest BCUT2D eigenvalue weighted by atomic mass is 16.6. The second kappa shape index (κ2) is 9.51. The van der Waals surface area contributed by atoms with E-state index >= 15 is 0 Å². The van der Waals surface area contributed by atoms with Crippen LogP contribution in [0.25, 0.3) is 28.2 Å². The van der Waals surface area contributed by atoms with Gasteiger partial charge in [-0.3, -0.25) is 4.79 Å². The molecule has 0 bridgehead atoms. The van der Waals surface area contributed by atoms with Crippen molar-refractivity contribution < 1.29 is 23.6 Å². The van der Waals surface area contributed by atoms with Crippen molar-refractivity contribution in [1.29, 1.82) is 0 Å². The van der Waals surface area contributed by atoms with Crippen LogP contribution in [-0.4, -0.2) is 45.0 Å². The molecule has 5 rings (SSSR count). The van der Waals surface area contributed by atoms with Gasteiger partial charge in [0.05, 0.1) is 12.6 Å². The van der Waals surface area contributed by atoms with Crippen LogP contribution in [0, 0.1) is 6.92 Å². The summed E-state index contributed by atoms with van der Waals surface area (Å²) in [5, 5.41) is 10.6. The number of fused-ring (bicyclic) bond motifs is 1. The van der Waals surface area contributed by atoms with Gasteiger partial charge in [0, 0.05) is 17.6 Å². The van der Waals surface area contributed by atoms with Crippen LogP contribution in [0.1, 0.15) is 45.0 Å². The van der Waals surface area contributed by atoms with Gasteiger partial charge in [-0.2, -0.15) is 4.98 Å². The van der Waals surface area contributed by atoms with Crippen LogP contribution in [-0.2, 0) is 16.1 Å². The van der Waals surface area contributed by atoms with Gasteiger partial charge in [-0.25, -0.2) is 4.79 Å². The lowest BCUT2D eigenvalue weighted by Crippen LogP contribution is -2.50. The summed E-state index contributed by atoms with van der Waals surface area (Å²) in [7, 11) is 1.64. The van der Waals surface area contributed by atoms with E-state index in [1.54, 1.807) is 34.8 Å². The molecule has 1 aliphatic rings. The zero-order chi connectivity index (χ0) is 27.1. The summed E-state index contributed by atoms with van der Waals surface area (Å²) >= 11 is 0.